The molecule has 0 heterocycles. The van der Waals surface area contributed by atoms with Crippen LogP contribution in [0.2, 0.25) is 0 Å². The van der Waals surface area contributed by atoms with E-state index in [4.69, 9.17) is 16.3 Å². The second kappa shape index (κ2) is 7.39. The van der Waals surface area contributed by atoms with Crippen LogP contribution in [0.3, 0.4) is 0 Å². The van der Waals surface area contributed by atoms with Crippen LogP contribution in [0, 0.1) is 5.41 Å². The molecule has 20 heavy (non-hydrogen) atoms. The van der Waals surface area contributed by atoms with E-state index in [1.54, 1.807) is 12.1 Å². The van der Waals surface area contributed by atoms with Crippen LogP contribution in [-0.4, -0.2) is 30.5 Å². The molecule has 0 aliphatic carbocycles. The first-order valence-corrected chi connectivity index (χ1v) is 7.26. The number of hydrogen-bond donors (Lipinski definition) is 2. The van der Waals surface area contributed by atoms with Gasteiger partial charge in [0.2, 0.25) is 0 Å². The zero-order valence-corrected chi connectivity index (χ0v) is 13.0. The van der Waals surface area contributed by atoms with Gasteiger partial charge in [-0.3, -0.25) is 4.79 Å². The molecule has 0 saturated carbocycles. The van der Waals surface area contributed by atoms with E-state index < -0.39 is 0 Å². The SMILES string of the molecule is CCC(CC)(CCl)CNC(=O)c1ccc(OC)c(O)c1. The third-order valence-electron chi connectivity index (χ3n) is 3.85. The molecule has 0 aromatic heterocycles. The largest absolute Gasteiger partial charge is 0.504 e. The number of carbonyl (C=O) groups is 1. The van der Waals surface area contributed by atoms with Crippen molar-refractivity contribution in [1.82, 2.24) is 5.32 Å². The highest BCUT2D eigenvalue weighted by molar-refractivity contribution is 6.18. The van der Waals surface area contributed by atoms with E-state index in [0.717, 1.165) is 12.8 Å². The topological polar surface area (TPSA) is 58.6 Å². The van der Waals surface area contributed by atoms with Crippen LogP contribution in [0.1, 0.15) is 37.0 Å². The smallest absolute Gasteiger partial charge is 0.251 e. The van der Waals surface area contributed by atoms with E-state index in [2.05, 4.69) is 19.2 Å². The molecule has 0 unspecified atom stereocenters. The minimum atomic E-state index is -0.223. The monoisotopic (exact) mass is 299 g/mol. The van der Waals surface area contributed by atoms with E-state index in [0.29, 0.717) is 23.7 Å². The number of alkyl halides is 1. The van der Waals surface area contributed by atoms with Gasteiger partial charge in [0.1, 0.15) is 0 Å². The lowest BCUT2D eigenvalue weighted by atomic mass is 9.84. The summed E-state index contributed by atoms with van der Waals surface area (Å²) in [7, 11) is 1.46. The Morgan fingerprint density at radius 3 is 2.50 bits per heavy atom. The van der Waals surface area contributed by atoms with Gasteiger partial charge in [-0.15, -0.1) is 11.6 Å². The average molecular weight is 300 g/mol. The molecule has 0 bridgehead atoms. The number of benzene rings is 1. The molecule has 1 rings (SSSR count). The fraction of sp³-hybridized carbons (Fsp3) is 0.533. The van der Waals surface area contributed by atoms with E-state index in [1.165, 1.54) is 13.2 Å². The van der Waals surface area contributed by atoms with Crippen molar-refractivity contribution >= 4 is 17.5 Å². The van der Waals surface area contributed by atoms with Gasteiger partial charge >= 0.3 is 0 Å². The normalized spacial score (nSPS) is 11.2. The highest BCUT2D eigenvalue weighted by Crippen LogP contribution is 2.28. The standard InChI is InChI=1S/C15H22ClNO3/c1-4-15(5-2,9-16)10-17-14(19)11-6-7-13(20-3)12(18)8-11/h6-8,18H,4-5,9-10H2,1-3H3,(H,17,19). The summed E-state index contributed by atoms with van der Waals surface area (Å²) >= 11 is 6.01. The molecule has 4 nitrogen and oxygen atoms in total. The minimum Gasteiger partial charge on any atom is -0.504 e. The number of hydrogen-bond acceptors (Lipinski definition) is 3. The zero-order chi connectivity index (χ0) is 15.2. The van der Waals surface area contributed by atoms with Gasteiger partial charge in [0, 0.05) is 23.4 Å². The lowest BCUT2D eigenvalue weighted by Crippen LogP contribution is -2.38. The highest BCUT2D eigenvalue weighted by atomic mass is 35.5. The Balaban J connectivity index is 2.74. The van der Waals surface area contributed by atoms with Crippen LogP contribution in [0.25, 0.3) is 0 Å². The van der Waals surface area contributed by atoms with Crippen LogP contribution < -0.4 is 10.1 Å². The molecule has 0 saturated heterocycles. The maximum atomic E-state index is 12.1. The number of aromatic hydroxyl groups is 1. The molecular weight excluding hydrogens is 278 g/mol. The van der Waals surface area contributed by atoms with Crippen molar-refractivity contribution < 1.29 is 14.6 Å². The zero-order valence-electron chi connectivity index (χ0n) is 12.2. The van der Waals surface area contributed by atoms with Crippen molar-refractivity contribution in [2.24, 2.45) is 5.41 Å². The van der Waals surface area contributed by atoms with Gasteiger partial charge in [-0.2, -0.15) is 0 Å². The van der Waals surface area contributed by atoms with Crippen LogP contribution in [0.4, 0.5) is 0 Å². The molecule has 0 radical (unpaired) electrons. The van der Waals surface area contributed by atoms with Gasteiger partial charge < -0.3 is 15.2 Å². The number of nitrogens with one attached hydrogen (secondary N) is 1. The summed E-state index contributed by atoms with van der Waals surface area (Å²) in [5.41, 5.74) is 0.324. The molecule has 1 amide bonds. The van der Waals surface area contributed by atoms with E-state index in [9.17, 15) is 9.90 Å². The number of methoxy groups -OCH3 is 1. The number of carbonyl (C=O) groups excluding carboxylic acids is 1. The van der Waals surface area contributed by atoms with Crippen LogP contribution >= 0.6 is 11.6 Å². The predicted molar refractivity (Wildman–Crippen MR) is 80.7 cm³/mol. The molecule has 1 aromatic rings. The number of rotatable bonds is 7. The number of phenolic OH excluding ortho intramolecular Hbond substituents is 1. The van der Waals surface area contributed by atoms with Gasteiger partial charge in [0.15, 0.2) is 11.5 Å². The maximum Gasteiger partial charge on any atom is 0.251 e. The Morgan fingerprint density at radius 1 is 1.40 bits per heavy atom. The fourth-order valence-electron chi connectivity index (χ4n) is 1.94. The Morgan fingerprint density at radius 2 is 2.05 bits per heavy atom. The lowest BCUT2D eigenvalue weighted by Gasteiger charge is -2.29. The summed E-state index contributed by atoms with van der Waals surface area (Å²) in [4.78, 5) is 12.1. The Labute approximate surface area is 125 Å². The Hall–Kier alpha value is -1.42. The first-order valence-electron chi connectivity index (χ1n) is 6.73. The van der Waals surface area contributed by atoms with Gasteiger partial charge in [-0.25, -0.2) is 0 Å². The summed E-state index contributed by atoms with van der Waals surface area (Å²) < 4.78 is 4.95. The van der Waals surface area contributed by atoms with Crippen molar-refractivity contribution in [2.45, 2.75) is 26.7 Å². The van der Waals surface area contributed by atoms with Crippen LogP contribution in [0.15, 0.2) is 18.2 Å². The van der Waals surface area contributed by atoms with Crippen molar-refractivity contribution in [3.05, 3.63) is 23.8 Å². The van der Waals surface area contributed by atoms with Gasteiger partial charge in [0.25, 0.3) is 5.91 Å². The van der Waals surface area contributed by atoms with Crippen molar-refractivity contribution in [3.63, 3.8) is 0 Å². The molecule has 2 N–H and O–H groups in total. The third-order valence-corrected chi connectivity index (χ3v) is 4.42. The Kier molecular flexibility index (Phi) is 6.14. The third kappa shape index (κ3) is 3.79. The van der Waals surface area contributed by atoms with E-state index in [-0.39, 0.29) is 17.1 Å². The molecule has 0 atom stereocenters. The van der Waals surface area contributed by atoms with Crippen molar-refractivity contribution in [2.75, 3.05) is 19.5 Å². The first-order chi connectivity index (χ1) is 9.51. The highest BCUT2D eigenvalue weighted by Gasteiger charge is 2.25. The number of phenols is 1. The van der Waals surface area contributed by atoms with Gasteiger partial charge in [-0.1, -0.05) is 13.8 Å². The fourth-order valence-corrected chi connectivity index (χ4v) is 2.41. The summed E-state index contributed by atoms with van der Waals surface area (Å²) in [6.45, 7) is 4.66. The average Bonchev–Trinajstić information content (AvgIpc) is 2.49. The second-order valence-electron chi connectivity index (χ2n) is 4.91. The summed E-state index contributed by atoms with van der Waals surface area (Å²) in [5.74, 6) is 0.585. The van der Waals surface area contributed by atoms with E-state index >= 15 is 0 Å². The number of ether oxygens (including phenoxy) is 1. The maximum absolute atomic E-state index is 12.1. The van der Waals surface area contributed by atoms with Crippen molar-refractivity contribution in [3.8, 4) is 11.5 Å². The van der Waals surface area contributed by atoms with Crippen LogP contribution in [0.5, 0.6) is 11.5 Å². The van der Waals surface area contributed by atoms with Gasteiger partial charge in [0.05, 0.1) is 7.11 Å². The van der Waals surface area contributed by atoms with E-state index in [1.807, 2.05) is 0 Å². The molecule has 112 valence electrons. The molecular formula is C15H22ClNO3. The molecule has 0 spiro atoms. The number of halogens is 1. The summed E-state index contributed by atoms with van der Waals surface area (Å²) in [6.07, 6.45) is 1.81. The van der Waals surface area contributed by atoms with Crippen molar-refractivity contribution in [1.29, 1.82) is 0 Å². The second-order valence-corrected chi connectivity index (χ2v) is 5.18. The summed E-state index contributed by atoms with van der Waals surface area (Å²) in [5, 5.41) is 12.6. The predicted octanol–water partition coefficient (Wildman–Crippen LogP) is 3.18. The summed E-state index contributed by atoms with van der Waals surface area (Å²) in [6, 6.07) is 4.58. The molecule has 0 aliphatic rings. The first kappa shape index (κ1) is 16.6. The molecule has 0 aliphatic heterocycles. The lowest BCUT2D eigenvalue weighted by molar-refractivity contribution is 0.0931. The molecule has 0 fully saturated rings. The molecule has 1 aromatic carbocycles. The Bertz CT molecular complexity index is 450. The number of amides is 1. The minimum absolute atomic E-state index is 0.0465. The quantitative estimate of drug-likeness (QED) is 0.760. The molecule has 5 heteroatoms. The van der Waals surface area contributed by atoms with Gasteiger partial charge in [-0.05, 0) is 31.0 Å². The van der Waals surface area contributed by atoms with Crippen LogP contribution in [-0.2, 0) is 0 Å².